The first-order valence-electron chi connectivity index (χ1n) is 25.8. The first-order valence-corrected chi connectivity index (χ1v) is 25.8. The third kappa shape index (κ3) is 5.88. The van der Waals surface area contributed by atoms with E-state index >= 15 is 0 Å². The van der Waals surface area contributed by atoms with Gasteiger partial charge >= 0.3 is 0 Å². The normalized spacial score (nSPS) is 14.9. The van der Waals surface area contributed by atoms with Gasteiger partial charge in [-0.05, 0) is 144 Å². The second-order valence-corrected chi connectivity index (χ2v) is 19.9. The van der Waals surface area contributed by atoms with Gasteiger partial charge < -0.3 is 9.80 Å². The molecule has 1 atom stereocenters. The number of para-hydroxylation sites is 3. The molecule has 0 fully saturated rings. The molecule has 0 bridgehead atoms. The Morgan fingerprint density at radius 3 is 1.22 bits per heavy atom. The molecule has 74 heavy (non-hydrogen) atoms. The van der Waals surface area contributed by atoms with Crippen molar-refractivity contribution in [1.29, 1.82) is 0 Å². The predicted octanol–water partition coefficient (Wildman–Crippen LogP) is 18.5. The quantitative estimate of drug-likeness (QED) is 0.150. The fraction of sp³-hybridized carbons (Fsp3) is 0.0278. The van der Waals surface area contributed by atoms with Gasteiger partial charge in [-0.25, -0.2) is 0 Å². The van der Waals surface area contributed by atoms with Crippen molar-refractivity contribution in [3.8, 4) is 33.4 Å². The Balaban J connectivity index is 1.01. The van der Waals surface area contributed by atoms with Crippen molar-refractivity contribution in [1.82, 2.24) is 0 Å². The summed E-state index contributed by atoms with van der Waals surface area (Å²) in [6, 6.07) is 108. The molecule has 2 heteroatoms. The van der Waals surface area contributed by atoms with Crippen LogP contribution in [-0.4, -0.2) is 0 Å². The summed E-state index contributed by atoms with van der Waals surface area (Å²) >= 11 is 0. The van der Waals surface area contributed by atoms with Gasteiger partial charge in [-0.3, -0.25) is 0 Å². The number of fused-ring (bicyclic) bond motifs is 14. The zero-order valence-electron chi connectivity index (χ0n) is 40.6. The Bertz CT molecular complexity index is 4050. The van der Waals surface area contributed by atoms with Gasteiger partial charge in [0.15, 0.2) is 0 Å². The number of rotatable bonds is 8. The van der Waals surface area contributed by atoms with Crippen molar-refractivity contribution < 1.29 is 0 Å². The summed E-state index contributed by atoms with van der Waals surface area (Å²) in [6.45, 7) is 0. The van der Waals surface area contributed by atoms with E-state index in [4.69, 9.17) is 0 Å². The van der Waals surface area contributed by atoms with Crippen molar-refractivity contribution in [2.45, 2.75) is 10.8 Å². The van der Waals surface area contributed by atoms with Crippen LogP contribution in [0.3, 0.4) is 0 Å². The number of hydrogen-bond donors (Lipinski definition) is 0. The first-order chi connectivity index (χ1) is 36.7. The summed E-state index contributed by atoms with van der Waals surface area (Å²) < 4.78 is 0. The fourth-order valence-corrected chi connectivity index (χ4v) is 13.5. The smallest absolute Gasteiger partial charge is 0.0747 e. The molecule has 0 heterocycles. The molecule has 12 aromatic carbocycles. The van der Waals surface area contributed by atoms with Crippen LogP contribution in [0, 0.1) is 0 Å². The van der Waals surface area contributed by atoms with Gasteiger partial charge in [-0.15, -0.1) is 0 Å². The van der Waals surface area contributed by atoms with E-state index in [2.05, 4.69) is 301 Å². The maximum Gasteiger partial charge on any atom is 0.0747 e. The first kappa shape index (κ1) is 42.2. The van der Waals surface area contributed by atoms with Gasteiger partial charge in [-0.2, -0.15) is 0 Å². The Hall–Kier alpha value is -9.50. The largest absolute Gasteiger partial charge is 0.310 e. The van der Waals surface area contributed by atoms with Crippen LogP contribution in [0.4, 0.5) is 34.1 Å². The molecule has 3 aliphatic carbocycles. The summed E-state index contributed by atoms with van der Waals surface area (Å²) in [7, 11) is 0. The van der Waals surface area contributed by atoms with Crippen LogP contribution < -0.4 is 9.80 Å². The lowest BCUT2D eigenvalue weighted by Crippen LogP contribution is -2.29. The zero-order valence-corrected chi connectivity index (χ0v) is 40.6. The van der Waals surface area contributed by atoms with E-state index in [1.165, 1.54) is 94.3 Å². The average molecular weight is 941 g/mol. The van der Waals surface area contributed by atoms with Gasteiger partial charge in [0.25, 0.3) is 0 Å². The summed E-state index contributed by atoms with van der Waals surface area (Å²) in [6.07, 6.45) is 0. The molecule has 0 N–H and O–H groups in total. The van der Waals surface area contributed by atoms with Gasteiger partial charge in [-0.1, -0.05) is 224 Å². The molecule has 0 saturated heterocycles. The number of benzene rings is 12. The van der Waals surface area contributed by atoms with Crippen molar-refractivity contribution in [2.75, 3.05) is 9.80 Å². The van der Waals surface area contributed by atoms with E-state index in [0.717, 1.165) is 28.4 Å². The summed E-state index contributed by atoms with van der Waals surface area (Å²) in [5.41, 5.74) is 23.4. The highest BCUT2D eigenvalue weighted by Crippen LogP contribution is 2.67. The Kier molecular flexibility index (Phi) is 9.43. The van der Waals surface area contributed by atoms with Crippen LogP contribution in [0.25, 0.3) is 44.2 Å². The lowest BCUT2D eigenvalue weighted by atomic mass is 9.68. The molecule has 0 radical (unpaired) electrons. The van der Waals surface area contributed by atoms with E-state index in [1.807, 2.05) is 0 Å². The molecule has 1 spiro atoms. The molecule has 0 aliphatic heterocycles. The molecule has 15 rings (SSSR count). The number of nitrogens with zero attached hydrogens (tertiary/aromatic N) is 2. The van der Waals surface area contributed by atoms with E-state index in [9.17, 15) is 0 Å². The minimum atomic E-state index is -0.681. The Morgan fingerprint density at radius 2 is 0.635 bits per heavy atom. The molecule has 1 unspecified atom stereocenters. The minimum Gasteiger partial charge on any atom is -0.310 e. The summed E-state index contributed by atoms with van der Waals surface area (Å²) in [4.78, 5) is 5.00. The standard InChI is InChI=1S/C72H48N2/c1-6-25-50(26-7-1)71(51-27-8-2-9-28-51)64-39-21-19-37-59(64)62-47-55(43-45-67(62)71)73(52-29-10-3-11-30-52)56-42-44-61-58-36-18-22-40-65(58)72(68(61)48-56)66-41-23-20-38-60(66)63-46-49-24-16-17-35-57(49)70(69(63)72)74(53-31-12-4-13-32-53)54-33-14-5-15-34-54/h1-48H. The topological polar surface area (TPSA) is 6.48 Å². The molecule has 2 nitrogen and oxygen atoms in total. The number of hydrogen-bond acceptors (Lipinski definition) is 2. The molecular weight excluding hydrogens is 893 g/mol. The second kappa shape index (κ2) is 16.5. The lowest BCUT2D eigenvalue weighted by Gasteiger charge is -2.37. The van der Waals surface area contributed by atoms with E-state index in [1.54, 1.807) is 0 Å². The van der Waals surface area contributed by atoms with Crippen LogP contribution in [0.15, 0.2) is 291 Å². The van der Waals surface area contributed by atoms with Crippen molar-refractivity contribution >= 4 is 44.9 Å². The Labute approximate surface area is 432 Å². The molecule has 0 amide bonds. The summed E-state index contributed by atoms with van der Waals surface area (Å²) in [5, 5.41) is 2.42. The van der Waals surface area contributed by atoms with E-state index < -0.39 is 10.8 Å². The Morgan fingerprint density at radius 1 is 0.230 bits per heavy atom. The molecular formula is C72H48N2. The van der Waals surface area contributed by atoms with Crippen LogP contribution in [0.1, 0.15) is 44.5 Å². The fourth-order valence-electron chi connectivity index (χ4n) is 13.5. The maximum absolute atomic E-state index is 2.53. The van der Waals surface area contributed by atoms with Crippen molar-refractivity contribution in [3.63, 3.8) is 0 Å². The van der Waals surface area contributed by atoms with Crippen molar-refractivity contribution in [3.05, 3.63) is 336 Å². The SMILES string of the molecule is c1ccc(N(c2ccc3c(c2)-c2ccccc2C3(c2ccccc2)c2ccccc2)c2ccc3c(c2)C2(c4ccccc4-3)c3ccccc3-c3cc4ccccc4c(N(c4ccccc4)c4ccccc4)c32)cc1. The summed E-state index contributed by atoms with van der Waals surface area (Å²) in [5.74, 6) is 0. The van der Waals surface area contributed by atoms with Crippen molar-refractivity contribution in [2.24, 2.45) is 0 Å². The average Bonchev–Trinajstić information content (AvgIpc) is 4.09. The highest BCUT2D eigenvalue weighted by molar-refractivity contribution is 6.10. The zero-order chi connectivity index (χ0) is 48.8. The van der Waals surface area contributed by atoms with Gasteiger partial charge in [0, 0.05) is 39.4 Å². The third-order valence-corrected chi connectivity index (χ3v) is 16.3. The highest BCUT2D eigenvalue weighted by atomic mass is 15.2. The predicted molar refractivity (Wildman–Crippen MR) is 307 cm³/mol. The molecule has 346 valence electrons. The van der Waals surface area contributed by atoms with Crippen LogP contribution in [-0.2, 0) is 10.8 Å². The minimum absolute atomic E-state index is 0.491. The third-order valence-electron chi connectivity index (χ3n) is 16.3. The molecule has 0 aromatic heterocycles. The monoisotopic (exact) mass is 940 g/mol. The van der Waals surface area contributed by atoms with Gasteiger partial charge in [0.05, 0.1) is 16.5 Å². The van der Waals surface area contributed by atoms with Gasteiger partial charge in [0.2, 0.25) is 0 Å². The molecule has 3 aliphatic rings. The van der Waals surface area contributed by atoms with Crippen LogP contribution in [0.5, 0.6) is 0 Å². The second-order valence-electron chi connectivity index (χ2n) is 19.9. The molecule has 12 aromatic rings. The van der Waals surface area contributed by atoms with E-state index in [-0.39, 0.29) is 0 Å². The highest BCUT2D eigenvalue weighted by Gasteiger charge is 2.54. The molecule has 0 saturated carbocycles. The maximum atomic E-state index is 2.53. The van der Waals surface area contributed by atoms with E-state index in [0.29, 0.717) is 0 Å². The lowest BCUT2D eigenvalue weighted by molar-refractivity contribution is 0.768. The van der Waals surface area contributed by atoms with Crippen LogP contribution in [0.2, 0.25) is 0 Å². The van der Waals surface area contributed by atoms with Crippen LogP contribution >= 0.6 is 0 Å². The number of anilines is 6. The van der Waals surface area contributed by atoms with Gasteiger partial charge in [0.1, 0.15) is 0 Å².